The minimum Gasteiger partial charge on any atom is -0.462 e. The average molecular weight is 505 g/mol. The Morgan fingerprint density at radius 2 is 1.97 bits per heavy atom. The quantitative estimate of drug-likeness (QED) is 0.206. The van der Waals surface area contributed by atoms with Gasteiger partial charge in [0.2, 0.25) is 11.8 Å². The Hall–Kier alpha value is -4.05. The van der Waals surface area contributed by atoms with Crippen molar-refractivity contribution in [1.29, 1.82) is 0 Å². The maximum absolute atomic E-state index is 12.2. The number of rotatable bonds is 10. The summed E-state index contributed by atoms with van der Waals surface area (Å²) in [5, 5.41) is 21.2. The Morgan fingerprint density at radius 1 is 1.19 bits per heavy atom. The van der Waals surface area contributed by atoms with Crippen molar-refractivity contribution >= 4 is 23.4 Å². The molecule has 4 rings (SSSR count). The highest BCUT2D eigenvalue weighted by atomic mass is 16.6. The third-order valence-electron chi connectivity index (χ3n) is 6.55. The van der Waals surface area contributed by atoms with Gasteiger partial charge in [0.15, 0.2) is 0 Å². The van der Waals surface area contributed by atoms with Gasteiger partial charge in [-0.1, -0.05) is 30.3 Å². The standard InChI is InChI=1S/C27H32N6O4/c1-3-37-26(34)21-7-4-6-20(14-21)23-9-5-8-22(18(23)2)16-30-27-31-17-24(33(35)36)25(32-27)29-15-19-10-12-28-13-11-19/h4-9,14,17,19,28H,3,10-13,15-16H2,1-2H3,(H2,29,30,31,32). The summed E-state index contributed by atoms with van der Waals surface area (Å²) in [4.78, 5) is 31.8. The molecule has 0 radical (unpaired) electrons. The largest absolute Gasteiger partial charge is 0.462 e. The van der Waals surface area contributed by atoms with Crippen molar-refractivity contribution in [2.45, 2.75) is 33.2 Å². The van der Waals surface area contributed by atoms with Gasteiger partial charge in [0.1, 0.15) is 6.20 Å². The lowest BCUT2D eigenvalue weighted by Crippen LogP contribution is -2.31. The predicted molar refractivity (Wildman–Crippen MR) is 143 cm³/mol. The molecule has 0 aliphatic carbocycles. The van der Waals surface area contributed by atoms with Crippen LogP contribution in [0.15, 0.2) is 48.7 Å². The number of aromatic nitrogens is 2. The summed E-state index contributed by atoms with van der Waals surface area (Å²) in [5.74, 6) is 0.634. The number of hydrogen-bond acceptors (Lipinski definition) is 9. The second-order valence-corrected chi connectivity index (χ2v) is 9.00. The third-order valence-corrected chi connectivity index (χ3v) is 6.55. The smallest absolute Gasteiger partial charge is 0.338 e. The van der Waals surface area contributed by atoms with E-state index in [2.05, 4.69) is 25.9 Å². The Labute approximate surface area is 216 Å². The van der Waals surface area contributed by atoms with E-state index in [1.54, 1.807) is 13.0 Å². The van der Waals surface area contributed by atoms with E-state index in [0.717, 1.165) is 48.2 Å². The lowest BCUT2D eigenvalue weighted by molar-refractivity contribution is -0.384. The van der Waals surface area contributed by atoms with Crippen molar-refractivity contribution in [2.24, 2.45) is 5.92 Å². The Morgan fingerprint density at radius 3 is 2.73 bits per heavy atom. The monoisotopic (exact) mass is 504 g/mol. The maximum atomic E-state index is 12.2. The van der Waals surface area contributed by atoms with Gasteiger partial charge in [0.05, 0.1) is 17.1 Å². The summed E-state index contributed by atoms with van der Waals surface area (Å²) >= 11 is 0. The molecule has 10 nitrogen and oxygen atoms in total. The fourth-order valence-corrected chi connectivity index (χ4v) is 4.44. The molecular formula is C27H32N6O4. The van der Waals surface area contributed by atoms with Crippen LogP contribution in [0.5, 0.6) is 0 Å². The molecule has 0 amide bonds. The molecule has 0 unspecified atom stereocenters. The van der Waals surface area contributed by atoms with Crippen LogP contribution in [0.3, 0.4) is 0 Å². The second-order valence-electron chi connectivity index (χ2n) is 9.00. The number of benzene rings is 2. The number of esters is 1. The van der Waals surface area contributed by atoms with E-state index in [0.29, 0.717) is 37.1 Å². The Balaban J connectivity index is 1.49. The third kappa shape index (κ3) is 6.59. The molecule has 1 aliphatic rings. The van der Waals surface area contributed by atoms with Gasteiger partial charge in [-0.25, -0.2) is 9.78 Å². The lowest BCUT2D eigenvalue weighted by Gasteiger charge is -2.22. The highest BCUT2D eigenvalue weighted by Gasteiger charge is 2.20. The van der Waals surface area contributed by atoms with Gasteiger partial charge < -0.3 is 20.7 Å². The topological polar surface area (TPSA) is 131 Å². The summed E-state index contributed by atoms with van der Waals surface area (Å²) in [6.45, 7) is 7.10. The molecule has 1 fully saturated rings. The van der Waals surface area contributed by atoms with Crippen molar-refractivity contribution in [3.63, 3.8) is 0 Å². The van der Waals surface area contributed by atoms with Crippen LogP contribution in [0.1, 0.15) is 41.3 Å². The normalized spacial score (nSPS) is 13.7. The number of nitrogens with zero attached hydrogens (tertiary/aromatic N) is 3. The van der Waals surface area contributed by atoms with E-state index in [4.69, 9.17) is 4.74 Å². The fraction of sp³-hybridized carbons (Fsp3) is 0.370. The first-order valence-corrected chi connectivity index (χ1v) is 12.5. The zero-order valence-electron chi connectivity index (χ0n) is 21.1. The zero-order chi connectivity index (χ0) is 26.2. The van der Waals surface area contributed by atoms with Crippen LogP contribution >= 0.6 is 0 Å². The first kappa shape index (κ1) is 26.0. The van der Waals surface area contributed by atoms with Crippen molar-refractivity contribution in [3.8, 4) is 11.1 Å². The Bertz CT molecular complexity index is 1260. The minimum absolute atomic E-state index is 0.140. The molecule has 37 heavy (non-hydrogen) atoms. The lowest BCUT2D eigenvalue weighted by atomic mass is 9.95. The molecule has 3 aromatic rings. The van der Waals surface area contributed by atoms with Gasteiger partial charge in [-0.2, -0.15) is 4.98 Å². The van der Waals surface area contributed by atoms with Crippen LogP contribution in [0.25, 0.3) is 11.1 Å². The number of piperidine rings is 1. The predicted octanol–water partition coefficient (Wildman–Crippen LogP) is 4.56. The number of ether oxygens (including phenoxy) is 1. The molecule has 0 atom stereocenters. The van der Waals surface area contributed by atoms with Gasteiger partial charge in [-0.3, -0.25) is 10.1 Å². The molecule has 10 heteroatoms. The van der Waals surface area contributed by atoms with E-state index in [1.165, 1.54) is 6.20 Å². The number of nitro groups is 1. The number of nitrogens with one attached hydrogen (secondary N) is 3. The molecule has 194 valence electrons. The first-order valence-electron chi connectivity index (χ1n) is 12.5. The summed E-state index contributed by atoms with van der Waals surface area (Å²) in [7, 11) is 0. The van der Waals surface area contributed by atoms with Gasteiger partial charge in [-0.05, 0) is 80.1 Å². The first-order chi connectivity index (χ1) is 18.0. The van der Waals surface area contributed by atoms with Crippen LogP contribution in [0.2, 0.25) is 0 Å². The molecule has 0 bridgehead atoms. The van der Waals surface area contributed by atoms with Crippen molar-refractivity contribution < 1.29 is 14.5 Å². The van der Waals surface area contributed by atoms with Gasteiger partial charge in [-0.15, -0.1) is 0 Å². The molecule has 0 saturated carbocycles. The molecule has 2 heterocycles. The van der Waals surface area contributed by atoms with Crippen LogP contribution in [0.4, 0.5) is 17.5 Å². The molecule has 0 spiro atoms. The number of hydrogen-bond donors (Lipinski definition) is 3. The number of anilines is 2. The minimum atomic E-state index is -0.466. The summed E-state index contributed by atoms with van der Waals surface area (Å²) in [5.41, 5.74) is 4.35. The Kier molecular flexibility index (Phi) is 8.63. The van der Waals surface area contributed by atoms with Gasteiger partial charge in [0.25, 0.3) is 0 Å². The van der Waals surface area contributed by atoms with E-state index < -0.39 is 4.92 Å². The number of carbonyl (C=O) groups is 1. The van der Waals surface area contributed by atoms with Crippen LogP contribution in [-0.2, 0) is 11.3 Å². The number of carbonyl (C=O) groups excluding carboxylic acids is 1. The van der Waals surface area contributed by atoms with Crippen molar-refractivity contribution in [2.75, 3.05) is 36.9 Å². The molecule has 1 aromatic heterocycles. The van der Waals surface area contributed by atoms with Gasteiger partial charge in [0, 0.05) is 13.1 Å². The zero-order valence-corrected chi connectivity index (χ0v) is 21.1. The van der Waals surface area contributed by atoms with E-state index in [-0.39, 0.29) is 17.5 Å². The molecule has 3 N–H and O–H groups in total. The van der Waals surface area contributed by atoms with E-state index in [1.807, 2.05) is 43.3 Å². The maximum Gasteiger partial charge on any atom is 0.338 e. The highest BCUT2D eigenvalue weighted by molar-refractivity contribution is 5.91. The second kappa shape index (κ2) is 12.3. The van der Waals surface area contributed by atoms with Crippen molar-refractivity contribution in [1.82, 2.24) is 15.3 Å². The van der Waals surface area contributed by atoms with Crippen LogP contribution in [0, 0.1) is 23.0 Å². The van der Waals surface area contributed by atoms with Crippen LogP contribution in [-0.4, -0.2) is 47.1 Å². The van der Waals surface area contributed by atoms with E-state index >= 15 is 0 Å². The highest BCUT2D eigenvalue weighted by Crippen LogP contribution is 2.28. The SMILES string of the molecule is CCOC(=O)c1cccc(-c2cccc(CNc3ncc([N+](=O)[O-])c(NCC4CCNCC4)n3)c2C)c1. The average Bonchev–Trinajstić information content (AvgIpc) is 2.92. The summed E-state index contributed by atoms with van der Waals surface area (Å²) < 4.78 is 5.13. The summed E-state index contributed by atoms with van der Waals surface area (Å²) in [6, 6.07) is 13.3. The van der Waals surface area contributed by atoms with E-state index in [9.17, 15) is 14.9 Å². The van der Waals surface area contributed by atoms with Crippen molar-refractivity contribution in [3.05, 3.63) is 75.5 Å². The van der Waals surface area contributed by atoms with Gasteiger partial charge >= 0.3 is 11.7 Å². The molecule has 1 aliphatic heterocycles. The van der Waals surface area contributed by atoms with Crippen LogP contribution < -0.4 is 16.0 Å². The molecule has 1 saturated heterocycles. The molecule has 2 aromatic carbocycles. The fourth-order valence-electron chi connectivity index (χ4n) is 4.44. The molecular weight excluding hydrogens is 472 g/mol. The summed E-state index contributed by atoms with van der Waals surface area (Å²) in [6.07, 6.45) is 3.29.